The van der Waals surface area contributed by atoms with Crippen LogP contribution in [-0.4, -0.2) is 66.5 Å². The first kappa shape index (κ1) is 20.2. The van der Waals surface area contributed by atoms with Gasteiger partial charge in [0, 0.05) is 32.2 Å². The molecule has 2 aliphatic rings. The van der Waals surface area contributed by atoms with Gasteiger partial charge in [-0.3, -0.25) is 4.79 Å². The topological polar surface area (TPSA) is 104 Å². The average molecular weight is 488 g/mol. The van der Waals surface area contributed by atoms with E-state index in [1.54, 1.807) is 24.3 Å². The van der Waals surface area contributed by atoms with E-state index in [0.29, 0.717) is 65.8 Å². The van der Waals surface area contributed by atoms with Crippen molar-refractivity contribution in [2.75, 3.05) is 54.5 Å². The zero-order valence-corrected chi connectivity index (χ0v) is 18.3. The van der Waals surface area contributed by atoms with Gasteiger partial charge in [-0.05, 0) is 40.5 Å². The molecule has 162 valence electrons. The van der Waals surface area contributed by atoms with E-state index in [4.69, 9.17) is 9.15 Å². The predicted octanol–water partition coefficient (Wildman–Crippen LogP) is 2.65. The van der Waals surface area contributed by atoms with Crippen molar-refractivity contribution in [3.05, 3.63) is 40.6 Å². The number of hydrogen-bond donors (Lipinski definition) is 2. The number of anilines is 3. The van der Waals surface area contributed by atoms with E-state index in [-0.39, 0.29) is 5.91 Å². The van der Waals surface area contributed by atoms with Gasteiger partial charge in [0.2, 0.25) is 0 Å². The number of morpholine rings is 1. The minimum atomic E-state index is -0.396. The number of carbonyl (C=O) groups excluding carboxylic acids is 1. The molecule has 2 aromatic heterocycles. The van der Waals surface area contributed by atoms with E-state index in [1.807, 2.05) is 11.0 Å². The van der Waals surface area contributed by atoms with Crippen LogP contribution in [0.4, 0.5) is 17.4 Å². The molecule has 5 rings (SSSR count). The summed E-state index contributed by atoms with van der Waals surface area (Å²) in [5, 5.41) is 13.0. The van der Waals surface area contributed by atoms with Crippen molar-refractivity contribution < 1.29 is 19.1 Å². The summed E-state index contributed by atoms with van der Waals surface area (Å²) in [4.78, 5) is 25.9. The molecule has 10 heteroatoms. The number of aromatic nitrogens is 2. The van der Waals surface area contributed by atoms with Gasteiger partial charge < -0.3 is 29.4 Å². The summed E-state index contributed by atoms with van der Waals surface area (Å²) in [6, 6.07) is 9.43. The summed E-state index contributed by atoms with van der Waals surface area (Å²) in [6.07, 6.45) is 0.281. The zero-order chi connectivity index (χ0) is 21.4. The van der Waals surface area contributed by atoms with Crippen LogP contribution in [0, 0.1) is 0 Å². The Bertz CT molecular complexity index is 1110. The summed E-state index contributed by atoms with van der Waals surface area (Å²) >= 11 is 3.30. The monoisotopic (exact) mass is 487 g/mol. The molecule has 9 nitrogen and oxygen atoms in total. The highest BCUT2D eigenvalue weighted by molar-refractivity contribution is 9.10. The number of rotatable bonds is 4. The van der Waals surface area contributed by atoms with Gasteiger partial charge in [-0.1, -0.05) is 6.07 Å². The Balaban J connectivity index is 1.51. The van der Waals surface area contributed by atoms with Crippen LogP contribution in [0.2, 0.25) is 0 Å². The van der Waals surface area contributed by atoms with Crippen LogP contribution in [-0.2, 0) is 4.74 Å². The molecule has 31 heavy (non-hydrogen) atoms. The minimum Gasteiger partial charge on any atom is -0.423 e. The van der Waals surface area contributed by atoms with Gasteiger partial charge in [0.25, 0.3) is 11.9 Å². The SMILES string of the molecule is O=C(Nc1cc2oc(N3CCOCC3)nc2cc1N1CCC(O)C1)c1cccc(Br)n1. The van der Waals surface area contributed by atoms with Crippen LogP contribution >= 0.6 is 15.9 Å². The maximum Gasteiger partial charge on any atom is 0.298 e. The molecule has 0 aliphatic carbocycles. The number of aliphatic hydroxyl groups excluding tert-OH is 1. The molecule has 1 unspecified atom stereocenters. The Morgan fingerprint density at radius 1 is 1.16 bits per heavy atom. The third kappa shape index (κ3) is 4.23. The second kappa shape index (κ2) is 8.45. The number of ether oxygens (including phenoxy) is 1. The molecular weight excluding hydrogens is 466 g/mol. The highest BCUT2D eigenvalue weighted by Crippen LogP contribution is 2.35. The quantitative estimate of drug-likeness (QED) is 0.541. The lowest BCUT2D eigenvalue weighted by Gasteiger charge is -2.24. The first-order chi connectivity index (χ1) is 15.1. The van der Waals surface area contributed by atoms with E-state index in [0.717, 1.165) is 18.8 Å². The highest BCUT2D eigenvalue weighted by Gasteiger charge is 2.26. The normalized spacial score (nSPS) is 19.2. The fourth-order valence-electron chi connectivity index (χ4n) is 3.88. The number of fused-ring (bicyclic) bond motifs is 1. The van der Waals surface area contributed by atoms with Crippen molar-refractivity contribution in [2.24, 2.45) is 0 Å². The number of hydrogen-bond acceptors (Lipinski definition) is 8. The van der Waals surface area contributed by atoms with Crippen LogP contribution in [0.15, 0.2) is 39.4 Å². The van der Waals surface area contributed by atoms with Crippen molar-refractivity contribution in [3.8, 4) is 0 Å². The molecule has 0 radical (unpaired) electrons. The van der Waals surface area contributed by atoms with Gasteiger partial charge in [-0.2, -0.15) is 4.98 Å². The molecule has 0 saturated carbocycles. The number of carbonyl (C=O) groups is 1. The Morgan fingerprint density at radius 2 is 2.00 bits per heavy atom. The first-order valence-corrected chi connectivity index (χ1v) is 11.0. The molecule has 4 heterocycles. The highest BCUT2D eigenvalue weighted by atomic mass is 79.9. The summed E-state index contributed by atoms with van der Waals surface area (Å²) < 4.78 is 12.0. The van der Waals surface area contributed by atoms with Gasteiger partial charge in [0.05, 0.1) is 30.7 Å². The Hall–Kier alpha value is -2.69. The fraction of sp³-hybridized carbons (Fsp3) is 0.381. The van der Waals surface area contributed by atoms with Crippen molar-refractivity contribution in [1.29, 1.82) is 0 Å². The molecule has 2 aliphatic heterocycles. The number of β-amino-alcohol motifs (C(OH)–C–C–N with tert-alkyl or cyclic N) is 1. The van der Waals surface area contributed by atoms with E-state index in [9.17, 15) is 9.90 Å². The van der Waals surface area contributed by atoms with E-state index in [2.05, 4.69) is 36.1 Å². The summed E-state index contributed by atoms with van der Waals surface area (Å²) in [7, 11) is 0. The molecule has 1 aromatic carbocycles. The molecule has 2 fully saturated rings. The van der Waals surface area contributed by atoms with Gasteiger partial charge in [-0.25, -0.2) is 4.98 Å². The van der Waals surface area contributed by atoms with Gasteiger partial charge in [-0.15, -0.1) is 0 Å². The smallest absolute Gasteiger partial charge is 0.298 e. The maximum absolute atomic E-state index is 12.9. The largest absolute Gasteiger partial charge is 0.423 e. The first-order valence-electron chi connectivity index (χ1n) is 10.2. The van der Waals surface area contributed by atoms with E-state index in [1.165, 1.54) is 0 Å². The molecule has 0 spiro atoms. The Morgan fingerprint density at radius 3 is 2.74 bits per heavy atom. The molecule has 2 N–H and O–H groups in total. The van der Waals surface area contributed by atoms with Crippen molar-refractivity contribution in [3.63, 3.8) is 0 Å². The lowest BCUT2D eigenvalue weighted by atomic mass is 10.2. The number of halogens is 1. The number of aliphatic hydroxyl groups is 1. The zero-order valence-electron chi connectivity index (χ0n) is 16.8. The van der Waals surface area contributed by atoms with Crippen LogP contribution in [0.25, 0.3) is 11.1 Å². The average Bonchev–Trinajstić information content (AvgIpc) is 3.39. The number of amides is 1. The third-order valence-electron chi connectivity index (χ3n) is 5.48. The fourth-order valence-corrected chi connectivity index (χ4v) is 4.23. The number of benzene rings is 1. The number of nitrogens with one attached hydrogen (secondary N) is 1. The second-order valence-corrected chi connectivity index (χ2v) is 8.43. The standard InChI is InChI=1S/C21H22BrN5O4/c22-19-3-1-2-14(23-19)20(29)24-15-11-18-16(10-17(15)27-5-4-13(28)12-27)25-21(31-18)26-6-8-30-9-7-26/h1-3,10-11,13,28H,4-9,12H2,(H,24,29). The second-order valence-electron chi connectivity index (χ2n) is 7.62. The molecular formula is C21H22BrN5O4. The predicted molar refractivity (Wildman–Crippen MR) is 120 cm³/mol. The van der Waals surface area contributed by atoms with Crippen molar-refractivity contribution >= 4 is 50.3 Å². The van der Waals surface area contributed by atoms with Crippen molar-refractivity contribution in [1.82, 2.24) is 9.97 Å². The van der Waals surface area contributed by atoms with Gasteiger partial charge in [0.1, 0.15) is 15.8 Å². The lowest BCUT2D eigenvalue weighted by Crippen LogP contribution is -2.36. The van der Waals surface area contributed by atoms with Crippen LogP contribution in [0.1, 0.15) is 16.9 Å². The van der Waals surface area contributed by atoms with E-state index < -0.39 is 6.10 Å². The molecule has 2 saturated heterocycles. The third-order valence-corrected chi connectivity index (χ3v) is 5.92. The lowest BCUT2D eigenvalue weighted by molar-refractivity contribution is 0.102. The number of oxazole rings is 1. The van der Waals surface area contributed by atoms with Crippen molar-refractivity contribution in [2.45, 2.75) is 12.5 Å². The molecule has 3 aromatic rings. The molecule has 1 amide bonds. The summed E-state index contributed by atoms with van der Waals surface area (Å²) in [6.45, 7) is 3.90. The van der Waals surface area contributed by atoms with Crippen LogP contribution < -0.4 is 15.1 Å². The Labute approximate surface area is 187 Å². The van der Waals surface area contributed by atoms with Gasteiger partial charge >= 0.3 is 0 Å². The van der Waals surface area contributed by atoms with Gasteiger partial charge in [0.15, 0.2) is 5.58 Å². The maximum atomic E-state index is 12.9. The molecule has 1 atom stereocenters. The van der Waals surface area contributed by atoms with E-state index >= 15 is 0 Å². The Kier molecular flexibility index (Phi) is 5.51. The summed E-state index contributed by atoms with van der Waals surface area (Å²) in [5.74, 6) is -0.324. The number of nitrogens with zero attached hydrogens (tertiary/aromatic N) is 4. The molecule has 0 bridgehead atoms. The van der Waals surface area contributed by atoms with Crippen LogP contribution in [0.3, 0.4) is 0 Å². The minimum absolute atomic E-state index is 0.299. The summed E-state index contributed by atoms with van der Waals surface area (Å²) in [5.41, 5.74) is 2.99. The van der Waals surface area contributed by atoms with Crippen LogP contribution in [0.5, 0.6) is 0 Å². The number of pyridine rings is 1.